The third kappa shape index (κ3) is 28.3. The van der Waals surface area contributed by atoms with Gasteiger partial charge in [-0.2, -0.15) is 0 Å². The minimum atomic E-state index is -4.28. The Kier molecular flexibility index (Phi) is 26.5. The number of phosphoric acid groups is 1. The van der Waals surface area contributed by atoms with Crippen molar-refractivity contribution in [3.05, 3.63) is 0 Å². The van der Waals surface area contributed by atoms with Crippen molar-refractivity contribution >= 4 is 13.7 Å². The molecule has 0 spiro atoms. The predicted octanol–water partition coefficient (Wildman–Crippen LogP) is 8.29. The Morgan fingerprint density at radius 3 is 1.60 bits per heavy atom. The van der Waals surface area contributed by atoms with Gasteiger partial charge in [0.2, 0.25) is 5.91 Å². The largest absolute Gasteiger partial charge is 0.472 e. The van der Waals surface area contributed by atoms with Crippen molar-refractivity contribution in [1.29, 1.82) is 0 Å². The van der Waals surface area contributed by atoms with Crippen LogP contribution in [0, 0.1) is 0 Å². The highest BCUT2D eigenvalue weighted by Crippen LogP contribution is 2.43. The predicted molar refractivity (Wildman–Crippen MR) is 175 cm³/mol. The van der Waals surface area contributed by atoms with Crippen LogP contribution in [0.25, 0.3) is 0 Å². The summed E-state index contributed by atoms with van der Waals surface area (Å²) in [5.41, 5.74) is 0. The van der Waals surface area contributed by atoms with Crippen LogP contribution in [0.3, 0.4) is 0 Å². The van der Waals surface area contributed by atoms with E-state index in [1.165, 1.54) is 77.0 Å². The number of aliphatic hydroxyl groups excluding tert-OH is 1. The molecule has 9 heteroatoms. The van der Waals surface area contributed by atoms with Crippen LogP contribution in [0.1, 0.15) is 155 Å². The van der Waals surface area contributed by atoms with Gasteiger partial charge in [0.25, 0.3) is 0 Å². The number of rotatable bonds is 31. The van der Waals surface area contributed by atoms with E-state index in [4.69, 9.17) is 9.05 Å². The van der Waals surface area contributed by atoms with Crippen molar-refractivity contribution in [2.75, 3.05) is 40.9 Å². The molecule has 1 amide bonds. The zero-order valence-corrected chi connectivity index (χ0v) is 29.1. The molecule has 0 bridgehead atoms. The average Bonchev–Trinajstić information content (AvgIpc) is 2.92. The maximum Gasteiger partial charge on any atom is 0.472 e. The van der Waals surface area contributed by atoms with Crippen molar-refractivity contribution in [3.63, 3.8) is 0 Å². The summed E-state index contributed by atoms with van der Waals surface area (Å²) >= 11 is 0. The van der Waals surface area contributed by atoms with Crippen molar-refractivity contribution < 1.29 is 32.9 Å². The van der Waals surface area contributed by atoms with Gasteiger partial charge in [-0.25, -0.2) is 4.57 Å². The molecule has 0 radical (unpaired) electrons. The van der Waals surface area contributed by atoms with Crippen LogP contribution in [0.2, 0.25) is 0 Å². The summed E-state index contributed by atoms with van der Waals surface area (Å²) in [5, 5.41) is 13.7. The molecule has 3 N–H and O–H groups in total. The first kappa shape index (κ1) is 41.5. The molecule has 8 nitrogen and oxygen atoms in total. The second-order valence-electron chi connectivity index (χ2n) is 13.3. The van der Waals surface area contributed by atoms with Gasteiger partial charge in [0.1, 0.15) is 13.2 Å². The second-order valence-corrected chi connectivity index (χ2v) is 14.7. The fourth-order valence-electron chi connectivity index (χ4n) is 4.98. The van der Waals surface area contributed by atoms with E-state index in [1.54, 1.807) is 0 Å². The second kappa shape index (κ2) is 26.9. The lowest BCUT2D eigenvalue weighted by atomic mass is 10.0. The molecular weight excluding hydrogens is 551 g/mol. The first-order chi connectivity index (χ1) is 20.0. The van der Waals surface area contributed by atoms with E-state index in [9.17, 15) is 19.4 Å². The number of phosphoric ester groups is 1. The highest BCUT2D eigenvalue weighted by atomic mass is 31.2. The normalized spacial score (nSPS) is 14.9. The summed E-state index contributed by atoms with van der Waals surface area (Å²) in [6.07, 6.45) is 24.4. The minimum absolute atomic E-state index is 0.0771. The average molecular weight is 622 g/mol. The Bertz CT molecular complexity index is 673. The number of carbonyl (C=O) groups excluding carboxylic acids is 1. The first-order valence-corrected chi connectivity index (χ1v) is 18.9. The van der Waals surface area contributed by atoms with E-state index >= 15 is 0 Å². The molecule has 0 rings (SSSR count). The molecule has 42 heavy (non-hydrogen) atoms. The summed E-state index contributed by atoms with van der Waals surface area (Å²) in [7, 11) is 1.62. The third-order valence-corrected chi connectivity index (χ3v) is 8.84. The lowest BCUT2D eigenvalue weighted by molar-refractivity contribution is -0.870. The summed E-state index contributed by atoms with van der Waals surface area (Å²) in [5.74, 6) is -0.158. The van der Waals surface area contributed by atoms with E-state index < -0.39 is 20.0 Å². The van der Waals surface area contributed by atoms with Gasteiger partial charge in [0.05, 0.1) is 39.9 Å². The van der Waals surface area contributed by atoms with Gasteiger partial charge in [-0.3, -0.25) is 13.8 Å². The fraction of sp³-hybridized carbons (Fsp3) is 0.970. The molecule has 0 aromatic heterocycles. The molecule has 3 unspecified atom stereocenters. The molecule has 3 atom stereocenters. The molecular formula is C33H70N2O6P+. The van der Waals surface area contributed by atoms with E-state index in [1.807, 2.05) is 21.1 Å². The maximum absolute atomic E-state index is 12.6. The van der Waals surface area contributed by atoms with Crippen molar-refractivity contribution in [1.82, 2.24) is 5.32 Å². The monoisotopic (exact) mass is 621 g/mol. The van der Waals surface area contributed by atoms with Crippen LogP contribution < -0.4 is 5.32 Å². The van der Waals surface area contributed by atoms with Crippen LogP contribution >= 0.6 is 7.82 Å². The SMILES string of the molecule is CCCCCCCCCCCCCCCCCC(O)C(COP(=O)(O)OCC[N+](C)(C)C)NC(=O)CCCCCCC. The number of amides is 1. The van der Waals surface area contributed by atoms with Gasteiger partial charge in [-0.1, -0.05) is 136 Å². The van der Waals surface area contributed by atoms with E-state index in [-0.39, 0.29) is 19.1 Å². The molecule has 0 saturated heterocycles. The van der Waals surface area contributed by atoms with Gasteiger partial charge in [-0.15, -0.1) is 0 Å². The molecule has 0 aromatic rings. The van der Waals surface area contributed by atoms with Crippen molar-refractivity contribution in [2.45, 2.75) is 167 Å². The van der Waals surface area contributed by atoms with Crippen LogP contribution in [-0.4, -0.2) is 73.4 Å². The molecule has 0 aromatic carbocycles. The Labute approximate surface area is 259 Å². The number of nitrogens with zero attached hydrogens (tertiary/aromatic N) is 1. The number of hydrogen-bond donors (Lipinski definition) is 3. The van der Waals surface area contributed by atoms with Crippen LogP contribution in [-0.2, 0) is 18.4 Å². The zero-order valence-electron chi connectivity index (χ0n) is 28.3. The minimum Gasteiger partial charge on any atom is -0.391 e. The van der Waals surface area contributed by atoms with E-state index in [0.717, 1.165) is 51.4 Å². The summed E-state index contributed by atoms with van der Waals surface area (Å²) in [4.78, 5) is 22.7. The fourth-order valence-corrected chi connectivity index (χ4v) is 5.72. The lowest BCUT2D eigenvalue weighted by Gasteiger charge is -2.26. The van der Waals surface area contributed by atoms with Gasteiger partial charge >= 0.3 is 7.82 Å². The van der Waals surface area contributed by atoms with E-state index in [2.05, 4.69) is 19.2 Å². The smallest absolute Gasteiger partial charge is 0.391 e. The molecule has 0 aliphatic rings. The third-order valence-electron chi connectivity index (χ3n) is 7.86. The Morgan fingerprint density at radius 2 is 1.14 bits per heavy atom. The number of nitrogens with one attached hydrogen (secondary N) is 1. The standard InChI is InChI=1S/C33H69N2O6P/c1-6-8-10-12-13-14-15-16-17-18-19-20-21-23-24-26-32(36)31(34-33(37)27-25-22-11-9-7-2)30-41-42(38,39)40-29-28-35(3,4)5/h31-32,36H,6-30H2,1-5H3,(H-,34,37,38,39)/p+1. The molecule has 0 heterocycles. The number of hydrogen-bond acceptors (Lipinski definition) is 5. The first-order valence-electron chi connectivity index (χ1n) is 17.4. The highest BCUT2D eigenvalue weighted by molar-refractivity contribution is 7.47. The number of aliphatic hydroxyl groups is 1. The molecule has 252 valence electrons. The molecule has 0 saturated carbocycles. The highest BCUT2D eigenvalue weighted by Gasteiger charge is 2.28. The Morgan fingerprint density at radius 1 is 0.714 bits per heavy atom. The number of carbonyl (C=O) groups is 1. The molecule has 0 aliphatic carbocycles. The van der Waals surface area contributed by atoms with Crippen LogP contribution in [0.5, 0.6) is 0 Å². The summed E-state index contributed by atoms with van der Waals surface area (Å²) in [6, 6.07) is -0.748. The quantitative estimate of drug-likeness (QED) is 0.0409. The van der Waals surface area contributed by atoms with Gasteiger partial charge in [-0.05, 0) is 12.8 Å². The number of likely N-dealkylation sites (N-methyl/N-ethyl adjacent to an activating group) is 1. The Balaban J connectivity index is 4.35. The molecule has 0 aliphatic heterocycles. The zero-order chi connectivity index (χ0) is 31.5. The summed E-state index contributed by atoms with van der Waals surface area (Å²) in [6.45, 7) is 4.78. The number of unbranched alkanes of at least 4 members (excludes halogenated alkanes) is 18. The van der Waals surface area contributed by atoms with Crippen molar-refractivity contribution in [2.24, 2.45) is 0 Å². The van der Waals surface area contributed by atoms with Crippen LogP contribution in [0.15, 0.2) is 0 Å². The number of quaternary nitrogens is 1. The van der Waals surface area contributed by atoms with Gasteiger partial charge in [0, 0.05) is 6.42 Å². The van der Waals surface area contributed by atoms with Crippen LogP contribution in [0.4, 0.5) is 0 Å². The maximum atomic E-state index is 12.6. The lowest BCUT2D eigenvalue weighted by Crippen LogP contribution is -2.46. The van der Waals surface area contributed by atoms with Gasteiger partial charge in [0.15, 0.2) is 0 Å². The van der Waals surface area contributed by atoms with Crippen molar-refractivity contribution in [3.8, 4) is 0 Å². The topological polar surface area (TPSA) is 105 Å². The summed E-state index contributed by atoms with van der Waals surface area (Å²) < 4.78 is 23.3. The Hall–Kier alpha value is -0.500. The van der Waals surface area contributed by atoms with E-state index in [0.29, 0.717) is 23.9 Å². The molecule has 0 fully saturated rings. The van der Waals surface area contributed by atoms with Gasteiger partial charge < -0.3 is 19.8 Å².